The number of rotatable bonds is 5. The summed E-state index contributed by atoms with van der Waals surface area (Å²) in [5.74, 6) is -0.525. The normalized spacial score (nSPS) is 23.0. The summed E-state index contributed by atoms with van der Waals surface area (Å²) in [7, 11) is 2.95. The number of hydroxylamine groups is 2. The Balaban J connectivity index is 2.29. The number of carbonyl (C=O) groups excluding carboxylic acids is 1. The van der Waals surface area contributed by atoms with Gasteiger partial charge in [0.2, 0.25) is 5.91 Å². The maximum absolute atomic E-state index is 12.5. The van der Waals surface area contributed by atoms with Gasteiger partial charge in [-0.2, -0.15) is 8.78 Å². The van der Waals surface area contributed by atoms with Gasteiger partial charge in [0.15, 0.2) is 0 Å². The Morgan fingerprint density at radius 2 is 1.95 bits per heavy atom. The molecule has 1 aromatic rings. The summed E-state index contributed by atoms with van der Waals surface area (Å²) in [5.41, 5.74) is 0.302. The molecular formula is C15H19F2NO3. The molecule has 0 N–H and O–H groups in total. The Morgan fingerprint density at radius 1 is 1.33 bits per heavy atom. The Kier molecular flexibility index (Phi) is 4.18. The van der Waals surface area contributed by atoms with E-state index in [0.717, 1.165) is 0 Å². The number of benzene rings is 1. The van der Waals surface area contributed by atoms with Crippen molar-refractivity contribution in [3.05, 3.63) is 29.8 Å². The number of alkyl halides is 2. The fraction of sp³-hybridized carbons (Fsp3) is 0.533. The van der Waals surface area contributed by atoms with Gasteiger partial charge in [-0.1, -0.05) is 32.0 Å². The molecule has 1 aliphatic carbocycles. The predicted octanol–water partition coefficient (Wildman–Crippen LogP) is 3.05. The second-order valence-corrected chi connectivity index (χ2v) is 5.71. The second-order valence-electron chi connectivity index (χ2n) is 5.71. The first-order chi connectivity index (χ1) is 9.80. The van der Waals surface area contributed by atoms with E-state index in [1.807, 2.05) is 13.8 Å². The lowest BCUT2D eigenvalue weighted by atomic mass is 10.0. The molecule has 1 saturated carbocycles. The van der Waals surface area contributed by atoms with Crippen molar-refractivity contribution in [3.8, 4) is 5.75 Å². The van der Waals surface area contributed by atoms with Crippen LogP contribution in [-0.4, -0.2) is 31.7 Å². The standard InChI is InChI=1S/C15H19F2NO3/c1-15(2)11(12(15)13(19)18(3)20-4)9-7-5-6-8-10(9)21-14(16)17/h5-8,11-12,14H,1-4H3. The number of carbonyl (C=O) groups is 1. The highest BCUT2D eigenvalue weighted by Crippen LogP contribution is 2.66. The van der Waals surface area contributed by atoms with Crippen molar-refractivity contribution in [3.63, 3.8) is 0 Å². The minimum atomic E-state index is -2.89. The zero-order chi connectivity index (χ0) is 15.8. The highest BCUT2D eigenvalue weighted by atomic mass is 19.3. The summed E-state index contributed by atoms with van der Waals surface area (Å²) in [4.78, 5) is 17.2. The fourth-order valence-electron chi connectivity index (χ4n) is 2.91. The van der Waals surface area contributed by atoms with Crippen LogP contribution in [0.4, 0.5) is 8.78 Å². The summed E-state index contributed by atoms with van der Waals surface area (Å²) < 4.78 is 29.6. The van der Waals surface area contributed by atoms with Crippen LogP contribution in [-0.2, 0) is 9.63 Å². The van der Waals surface area contributed by atoms with Crippen molar-refractivity contribution in [2.45, 2.75) is 26.4 Å². The second kappa shape index (κ2) is 5.60. The van der Waals surface area contributed by atoms with E-state index in [9.17, 15) is 13.6 Å². The lowest BCUT2D eigenvalue weighted by Crippen LogP contribution is -2.28. The van der Waals surface area contributed by atoms with E-state index >= 15 is 0 Å². The first-order valence-corrected chi connectivity index (χ1v) is 6.66. The molecule has 1 aliphatic rings. The van der Waals surface area contributed by atoms with Gasteiger partial charge in [0.05, 0.1) is 13.0 Å². The number of hydrogen-bond acceptors (Lipinski definition) is 3. The smallest absolute Gasteiger partial charge is 0.387 e. The number of amides is 1. The third-order valence-corrected chi connectivity index (χ3v) is 4.15. The van der Waals surface area contributed by atoms with Crippen LogP contribution >= 0.6 is 0 Å². The topological polar surface area (TPSA) is 38.8 Å². The molecule has 2 atom stereocenters. The summed E-state index contributed by atoms with van der Waals surface area (Å²) in [5, 5.41) is 1.17. The van der Waals surface area contributed by atoms with Crippen LogP contribution in [0.5, 0.6) is 5.75 Å². The molecule has 0 aromatic heterocycles. The van der Waals surface area contributed by atoms with Crippen LogP contribution in [0.1, 0.15) is 25.3 Å². The molecule has 6 heteroatoms. The predicted molar refractivity (Wildman–Crippen MR) is 72.9 cm³/mol. The van der Waals surface area contributed by atoms with E-state index in [1.54, 1.807) is 18.2 Å². The molecule has 1 aromatic carbocycles. The monoisotopic (exact) mass is 299 g/mol. The van der Waals surface area contributed by atoms with Crippen molar-refractivity contribution in [2.75, 3.05) is 14.2 Å². The van der Waals surface area contributed by atoms with Gasteiger partial charge in [-0.05, 0) is 17.0 Å². The summed E-state index contributed by atoms with van der Waals surface area (Å²) in [6, 6.07) is 6.61. The van der Waals surface area contributed by atoms with E-state index in [0.29, 0.717) is 5.56 Å². The van der Waals surface area contributed by atoms with Crippen LogP contribution in [0.25, 0.3) is 0 Å². The minimum absolute atomic E-state index is 0.126. The molecule has 21 heavy (non-hydrogen) atoms. The molecule has 4 nitrogen and oxygen atoms in total. The molecule has 2 unspecified atom stereocenters. The average molecular weight is 299 g/mol. The number of nitrogens with zero attached hydrogens (tertiary/aromatic N) is 1. The van der Waals surface area contributed by atoms with Gasteiger partial charge in [0.25, 0.3) is 0 Å². The molecule has 0 heterocycles. The van der Waals surface area contributed by atoms with Gasteiger partial charge >= 0.3 is 6.61 Å². The number of para-hydroxylation sites is 1. The van der Waals surface area contributed by atoms with Crippen molar-refractivity contribution < 1.29 is 23.1 Å². The van der Waals surface area contributed by atoms with E-state index < -0.39 is 6.61 Å². The van der Waals surface area contributed by atoms with E-state index in [4.69, 9.17) is 4.84 Å². The van der Waals surface area contributed by atoms with Crippen molar-refractivity contribution in [2.24, 2.45) is 11.3 Å². The summed E-state index contributed by atoms with van der Waals surface area (Å²) in [6.07, 6.45) is 0. The molecule has 1 amide bonds. The molecule has 1 fully saturated rings. The Hall–Kier alpha value is -1.69. The highest BCUT2D eigenvalue weighted by Gasteiger charge is 2.63. The van der Waals surface area contributed by atoms with Gasteiger partial charge in [0, 0.05) is 13.0 Å². The maximum Gasteiger partial charge on any atom is 0.387 e. The lowest BCUT2D eigenvalue weighted by Gasteiger charge is -2.14. The zero-order valence-electron chi connectivity index (χ0n) is 12.5. The zero-order valence-corrected chi connectivity index (χ0v) is 12.5. The number of halogens is 2. The van der Waals surface area contributed by atoms with Crippen LogP contribution < -0.4 is 4.74 Å². The molecular weight excluding hydrogens is 280 g/mol. The molecule has 116 valence electrons. The Bertz CT molecular complexity index is 533. The van der Waals surface area contributed by atoms with Gasteiger partial charge < -0.3 is 4.74 Å². The fourth-order valence-corrected chi connectivity index (χ4v) is 2.91. The molecule has 0 radical (unpaired) electrons. The van der Waals surface area contributed by atoms with Crippen LogP contribution in [0.15, 0.2) is 24.3 Å². The molecule has 0 aliphatic heterocycles. The van der Waals surface area contributed by atoms with Gasteiger partial charge in [-0.25, -0.2) is 5.06 Å². The van der Waals surface area contributed by atoms with E-state index in [2.05, 4.69) is 4.74 Å². The minimum Gasteiger partial charge on any atom is -0.435 e. The average Bonchev–Trinajstić information content (AvgIpc) is 2.99. The molecule has 2 rings (SSSR count). The van der Waals surface area contributed by atoms with Crippen LogP contribution in [0, 0.1) is 11.3 Å². The molecule has 0 saturated heterocycles. The van der Waals surface area contributed by atoms with E-state index in [1.165, 1.54) is 25.3 Å². The first kappa shape index (κ1) is 15.7. The van der Waals surface area contributed by atoms with E-state index in [-0.39, 0.29) is 28.9 Å². The number of hydrogen-bond donors (Lipinski definition) is 0. The van der Waals surface area contributed by atoms with Crippen LogP contribution in [0.3, 0.4) is 0 Å². The molecule has 0 bridgehead atoms. The highest BCUT2D eigenvalue weighted by molar-refractivity contribution is 5.84. The number of ether oxygens (including phenoxy) is 1. The molecule has 0 spiro atoms. The largest absolute Gasteiger partial charge is 0.435 e. The first-order valence-electron chi connectivity index (χ1n) is 6.66. The van der Waals surface area contributed by atoms with Crippen molar-refractivity contribution in [1.82, 2.24) is 5.06 Å². The van der Waals surface area contributed by atoms with Gasteiger partial charge in [-0.15, -0.1) is 0 Å². The Morgan fingerprint density at radius 3 is 2.52 bits per heavy atom. The SMILES string of the molecule is CON(C)C(=O)C1C(c2ccccc2OC(F)F)C1(C)C. The van der Waals surface area contributed by atoms with Gasteiger partial charge in [0.1, 0.15) is 5.75 Å². The summed E-state index contributed by atoms with van der Waals surface area (Å²) >= 11 is 0. The van der Waals surface area contributed by atoms with Crippen molar-refractivity contribution in [1.29, 1.82) is 0 Å². The summed E-state index contributed by atoms with van der Waals surface area (Å²) in [6.45, 7) is 0.981. The van der Waals surface area contributed by atoms with Gasteiger partial charge in [-0.3, -0.25) is 9.63 Å². The Labute approximate surface area is 122 Å². The lowest BCUT2D eigenvalue weighted by molar-refractivity contribution is -0.171. The third kappa shape index (κ3) is 2.85. The maximum atomic E-state index is 12.5. The van der Waals surface area contributed by atoms with Crippen molar-refractivity contribution >= 4 is 5.91 Å². The third-order valence-electron chi connectivity index (χ3n) is 4.15. The quantitative estimate of drug-likeness (QED) is 0.784. The van der Waals surface area contributed by atoms with Crippen LogP contribution in [0.2, 0.25) is 0 Å².